The predicted octanol–water partition coefficient (Wildman–Crippen LogP) is 2.53. The fourth-order valence-corrected chi connectivity index (χ4v) is 3.71. The van der Waals surface area contributed by atoms with Gasteiger partial charge in [0.2, 0.25) is 0 Å². The van der Waals surface area contributed by atoms with Gasteiger partial charge in [-0.2, -0.15) is 0 Å². The summed E-state index contributed by atoms with van der Waals surface area (Å²) in [4.78, 5) is 13.0. The van der Waals surface area contributed by atoms with Gasteiger partial charge in [-0.1, -0.05) is 6.08 Å². The van der Waals surface area contributed by atoms with Crippen molar-refractivity contribution in [3.63, 3.8) is 0 Å². The van der Waals surface area contributed by atoms with Crippen LogP contribution in [0.1, 0.15) is 6.42 Å². The van der Waals surface area contributed by atoms with Crippen molar-refractivity contribution in [3.05, 3.63) is 35.7 Å². The van der Waals surface area contributed by atoms with Crippen LogP contribution in [0, 0.1) is 5.82 Å². The normalized spacial score (nSPS) is 22.2. The molecule has 1 aromatic rings. The van der Waals surface area contributed by atoms with Crippen molar-refractivity contribution in [2.24, 2.45) is 0 Å². The van der Waals surface area contributed by atoms with Gasteiger partial charge < -0.3 is 14.6 Å². The summed E-state index contributed by atoms with van der Waals surface area (Å²) in [5.74, 6) is -0.338. The highest BCUT2D eigenvalue weighted by molar-refractivity contribution is 7.38. The first-order valence-corrected chi connectivity index (χ1v) is 8.99. The Balaban J connectivity index is 1.66. The molecule has 1 saturated heterocycles. The quantitative estimate of drug-likeness (QED) is 0.662. The molecule has 1 unspecified atom stereocenters. The summed E-state index contributed by atoms with van der Waals surface area (Å²) in [5, 5.41) is 9.04. The number of amides is 1. The van der Waals surface area contributed by atoms with E-state index in [0.717, 1.165) is 21.2 Å². The SMILES string of the molecule is O=C1O[C@@H](CO)CN1c1ccc(OCC2=CCPCC2)c(F)c1. The third kappa shape index (κ3) is 3.82. The fraction of sp³-hybridized carbons (Fsp3) is 0.438. The van der Waals surface area contributed by atoms with Crippen molar-refractivity contribution in [3.8, 4) is 5.75 Å². The number of aliphatic hydroxyl groups is 1. The minimum atomic E-state index is -0.578. The number of nitrogens with zero attached hydrogens (tertiary/aromatic N) is 1. The van der Waals surface area contributed by atoms with Crippen molar-refractivity contribution < 1.29 is 23.8 Å². The Labute approximate surface area is 135 Å². The smallest absolute Gasteiger partial charge is 0.414 e. The van der Waals surface area contributed by atoms with E-state index in [2.05, 4.69) is 6.08 Å². The largest absolute Gasteiger partial charge is 0.486 e. The second-order valence-electron chi connectivity index (χ2n) is 5.52. The molecule has 2 atom stereocenters. The van der Waals surface area contributed by atoms with E-state index in [-0.39, 0.29) is 18.9 Å². The lowest BCUT2D eigenvalue weighted by Crippen LogP contribution is -2.25. The average Bonchev–Trinajstić information content (AvgIpc) is 2.96. The number of carbonyl (C=O) groups is 1. The lowest BCUT2D eigenvalue weighted by Gasteiger charge is -2.16. The summed E-state index contributed by atoms with van der Waals surface area (Å²) in [6.07, 6.45) is 4.30. The number of hydrogen-bond acceptors (Lipinski definition) is 4. The maximum Gasteiger partial charge on any atom is 0.414 e. The number of allylic oxidation sites excluding steroid dienone is 1. The molecule has 0 bridgehead atoms. The van der Waals surface area contributed by atoms with Crippen LogP contribution in [0.25, 0.3) is 0 Å². The Morgan fingerprint density at radius 2 is 2.35 bits per heavy atom. The third-order valence-electron chi connectivity index (χ3n) is 3.88. The number of benzene rings is 1. The number of hydrogen-bond donors (Lipinski definition) is 1. The molecule has 0 aliphatic carbocycles. The van der Waals surface area contributed by atoms with Gasteiger partial charge in [0.15, 0.2) is 11.6 Å². The zero-order chi connectivity index (χ0) is 16.2. The predicted molar refractivity (Wildman–Crippen MR) is 87.3 cm³/mol. The summed E-state index contributed by atoms with van der Waals surface area (Å²) in [6, 6.07) is 4.40. The second-order valence-corrected chi connectivity index (χ2v) is 6.93. The summed E-state index contributed by atoms with van der Waals surface area (Å²) in [7, 11) is 0.979. The molecule has 23 heavy (non-hydrogen) atoms. The molecule has 124 valence electrons. The van der Waals surface area contributed by atoms with Gasteiger partial charge in [-0.3, -0.25) is 4.90 Å². The fourth-order valence-electron chi connectivity index (χ4n) is 2.57. The highest BCUT2D eigenvalue weighted by Gasteiger charge is 2.32. The van der Waals surface area contributed by atoms with E-state index in [1.165, 1.54) is 28.8 Å². The van der Waals surface area contributed by atoms with E-state index in [4.69, 9.17) is 14.6 Å². The molecule has 1 amide bonds. The minimum absolute atomic E-state index is 0.175. The van der Waals surface area contributed by atoms with Gasteiger partial charge in [0.05, 0.1) is 18.8 Å². The Hall–Kier alpha value is -1.65. The van der Waals surface area contributed by atoms with Gasteiger partial charge in [-0.05, 0) is 36.5 Å². The first kappa shape index (κ1) is 16.2. The standard InChI is InChI=1S/C16H19FNO4P/c17-14-7-12(18-8-13(9-19)22-16(18)20)1-2-15(14)21-10-11-3-5-23-6-4-11/h1-3,7,13,19,23H,4-6,8-10H2/t13-/m1/s1. The summed E-state index contributed by atoms with van der Waals surface area (Å²) < 4.78 is 24.7. The summed E-state index contributed by atoms with van der Waals surface area (Å²) in [6.45, 7) is 0.364. The van der Waals surface area contributed by atoms with E-state index in [0.29, 0.717) is 12.3 Å². The first-order valence-electron chi connectivity index (χ1n) is 7.57. The molecule has 1 N–H and O–H groups in total. The van der Waals surface area contributed by atoms with Gasteiger partial charge in [0, 0.05) is 6.07 Å². The Morgan fingerprint density at radius 3 is 3.00 bits per heavy atom. The second kappa shape index (κ2) is 7.28. The van der Waals surface area contributed by atoms with Crippen LogP contribution in [0.2, 0.25) is 0 Å². The lowest BCUT2D eigenvalue weighted by atomic mass is 10.2. The number of anilines is 1. The zero-order valence-corrected chi connectivity index (χ0v) is 13.6. The highest BCUT2D eigenvalue weighted by Crippen LogP contribution is 2.28. The first-order chi connectivity index (χ1) is 11.2. The van der Waals surface area contributed by atoms with Crippen LogP contribution in [0.15, 0.2) is 29.8 Å². The van der Waals surface area contributed by atoms with Crippen LogP contribution in [0.4, 0.5) is 14.9 Å². The Bertz CT molecular complexity index is 622. The van der Waals surface area contributed by atoms with Crippen LogP contribution < -0.4 is 9.64 Å². The molecule has 0 radical (unpaired) electrons. The minimum Gasteiger partial charge on any atom is -0.486 e. The molecule has 1 fully saturated rings. The number of ether oxygens (including phenoxy) is 2. The number of cyclic esters (lactones) is 1. The molecule has 2 aliphatic heterocycles. The molecule has 0 spiro atoms. The van der Waals surface area contributed by atoms with Crippen LogP contribution in [-0.4, -0.2) is 49.4 Å². The lowest BCUT2D eigenvalue weighted by molar-refractivity contribution is 0.0963. The van der Waals surface area contributed by atoms with Crippen molar-refractivity contribution in [2.75, 3.05) is 37.0 Å². The molecular weight excluding hydrogens is 320 g/mol. The van der Waals surface area contributed by atoms with Crippen molar-refractivity contribution in [1.82, 2.24) is 0 Å². The van der Waals surface area contributed by atoms with Crippen molar-refractivity contribution in [2.45, 2.75) is 12.5 Å². The zero-order valence-electron chi connectivity index (χ0n) is 12.6. The number of halogens is 1. The van der Waals surface area contributed by atoms with E-state index in [1.807, 2.05) is 0 Å². The number of rotatable bonds is 5. The molecule has 0 aromatic heterocycles. The highest BCUT2D eigenvalue weighted by atomic mass is 31.1. The van der Waals surface area contributed by atoms with Crippen molar-refractivity contribution >= 4 is 20.4 Å². The third-order valence-corrected chi connectivity index (χ3v) is 4.97. The van der Waals surface area contributed by atoms with E-state index in [1.54, 1.807) is 6.07 Å². The van der Waals surface area contributed by atoms with Crippen LogP contribution in [0.3, 0.4) is 0 Å². The van der Waals surface area contributed by atoms with E-state index < -0.39 is 18.0 Å². The van der Waals surface area contributed by atoms with Gasteiger partial charge in [0.1, 0.15) is 12.7 Å². The number of carbonyl (C=O) groups excluding carboxylic acids is 1. The summed E-state index contributed by atoms with van der Waals surface area (Å²) >= 11 is 0. The molecule has 7 heteroatoms. The van der Waals surface area contributed by atoms with Crippen LogP contribution >= 0.6 is 8.58 Å². The average molecular weight is 339 g/mol. The summed E-state index contributed by atoms with van der Waals surface area (Å²) in [5.41, 5.74) is 1.61. The Morgan fingerprint density at radius 1 is 1.48 bits per heavy atom. The Kier molecular flexibility index (Phi) is 5.13. The van der Waals surface area contributed by atoms with Crippen LogP contribution in [-0.2, 0) is 4.74 Å². The molecule has 2 aliphatic rings. The maximum atomic E-state index is 14.2. The van der Waals surface area contributed by atoms with E-state index in [9.17, 15) is 9.18 Å². The molecule has 2 heterocycles. The number of aliphatic hydroxyl groups excluding tert-OH is 1. The van der Waals surface area contributed by atoms with E-state index >= 15 is 0 Å². The van der Waals surface area contributed by atoms with Gasteiger partial charge in [-0.15, -0.1) is 8.58 Å². The maximum absolute atomic E-state index is 14.2. The van der Waals surface area contributed by atoms with Gasteiger partial charge >= 0.3 is 6.09 Å². The molecule has 1 aromatic carbocycles. The topological polar surface area (TPSA) is 59.0 Å². The molecular formula is C16H19FNO4P. The monoisotopic (exact) mass is 339 g/mol. The van der Waals surface area contributed by atoms with Gasteiger partial charge in [0.25, 0.3) is 0 Å². The van der Waals surface area contributed by atoms with Gasteiger partial charge in [-0.25, -0.2) is 9.18 Å². The van der Waals surface area contributed by atoms with Crippen molar-refractivity contribution in [1.29, 1.82) is 0 Å². The molecule has 5 nitrogen and oxygen atoms in total. The molecule has 3 rings (SSSR count). The van der Waals surface area contributed by atoms with Crippen LogP contribution in [0.5, 0.6) is 5.75 Å². The molecule has 0 saturated carbocycles.